The highest BCUT2D eigenvalue weighted by Gasteiger charge is 2.36. The fraction of sp³-hybridized carbons (Fsp3) is 0.412. The van der Waals surface area contributed by atoms with E-state index in [9.17, 15) is 37.9 Å². The number of aliphatic carboxylic acids is 1. The van der Waals surface area contributed by atoms with Crippen LogP contribution < -0.4 is 14.4 Å². The van der Waals surface area contributed by atoms with Crippen LogP contribution in [0.2, 0.25) is 0 Å². The molecule has 2 heterocycles. The molecule has 2 aromatic carbocycles. The number of hydrogen-bond acceptors (Lipinski definition) is 6. The summed E-state index contributed by atoms with van der Waals surface area (Å²) >= 11 is 0. The zero-order chi connectivity index (χ0) is 34.3. The molecule has 2 unspecified atom stereocenters. The molecule has 0 bridgehead atoms. The Morgan fingerprint density at radius 3 is 2.49 bits per heavy atom. The van der Waals surface area contributed by atoms with E-state index in [1.54, 1.807) is 37.3 Å². The van der Waals surface area contributed by atoms with E-state index in [1.165, 1.54) is 34.2 Å². The molecule has 0 spiro atoms. The van der Waals surface area contributed by atoms with Crippen LogP contribution in [0.15, 0.2) is 66.9 Å². The summed E-state index contributed by atoms with van der Waals surface area (Å²) < 4.78 is 51.3. The fourth-order valence-corrected chi connectivity index (χ4v) is 5.42. The smallest absolute Gasteiger partial charge is 0.507 e. The van der Waals surface area contributed by atoms with Gasteiger partial charge in [0, 0.05) is 19.0 Å². The van der Waals surface area contributed by atoms with Gasteiger partial charge in [0.15, 0.2) is 0 Å². The summed E-state index contributed by atoms with van der Waals surface area (Å²) in [6.07, 6.45) is -3.74. The molecule has 0 saturated carbocycles. The number of rotatable bonds is 12. The molecule has 0 saturated heterocycles. The highest BCUT2D eigenvalue weighted by Crippen LogP contribution is 2.36. The predicted molar refractivity (Wildman–Crippen MR) is 165 cm³/mol. The SMILES string of the molecule is CC(C)COC(=O)N(CCCOc1ccc2c(c1)C(C)N(Cc1ccc(C(F)(F)F)cc1)C(=O)C(CC(=O)O)C2)c1cccc[n+]1[O-]. The Balaban J connectivity index is 1.50. The van der Waals surface area contributed by atoms with Crippen LogP contribution in [0.5, 0.6) is 5.75 Å². The number of carboxylic acid groups (broad SMARTS) is 1. The maximum absolute atomic E-state index is 13.6. The van der Waals surface area contributed by atoms with Crippen LogP contribution in [-0.2, 0) is 33.5 Å². The maximum atomic E-state index is 13.6. The van der Waals surface area contributed by atoms with E-state index in [0.717, 1.165) is 23.3 Å². The number of aromatic nitrogens is 1. The van der Waals surface area contributed by atoms with E-state index in [1.807, 2.05) is 13.8 Å². The average Bonchev–Trinajstić information content (AvgIpc) is 3.10. The minimum absolute atomic E-state index is 0.0132. The molecule has 0 radical (unpaired) electrons. The van der Waals surface area contributed by atoms with E-state index in [-0.39, 0.29) is 44.5 Å². The number of hydrogen-bond donors (Lipinski definition) is 1. The third kappa shape index (κ3) is 9.14. The number of amides is 2. The van der Waals surface area contributed by atoms with Gasteiger partial charge in [-0.1, -0.05) is 38.1 Å². The lowest BCUT2D eigenvalue weighted by Gasteiger charge is -2.30. The topological polar surface area (TPSA) is 123 Å². The van der Waals surface area contributed by atoms with Crippen LogP contribution in [-0.4, -0.2) is 47.7 Å². The van der Waals surface area contributed by atoms with Crippen molar-refractivity contribution in [3.05, 3.63) is 94.3 Å². The summed E-state index contributed by atoms with van der Waals surface area (Å²) in [6, 6.07) is 14.0. The van der Waals surface area contributed by atoms with Crippen LogP contribution >= 0.6 is 0 Å². The van der Waals surface area contributed by atoms with Crippen molar-refractivity contribution in [1.82, 2.24) is 4.90 Å². The summed E-state index contributed by atoms with van der Waals surface area (Å²) in [6.45, 7) is 6.07. The van der Waals surface area contributed by atoms with Crippen LogP contribution in [0.3, 0.4) is 0 Å². The van der Waals surface area contributed by atoms with Gasteiger partial charge in [-0.3, -0.25) is 9.59 Å². The molecule has 1 aromatic heterocycles. The summed E-state index contributed by atoms with van der Waals surface area (Å²) in [7, 11) is 0. The number of benzene rings is 2. The van der Waals surface area contributed by atoms with Crippen molar-refractivity contribution < 1.29 is 46.9 Å². The number of carboxylic acids is 1. The molecule has 252 valence electrons. The first-order chi connectivity index (χ1) is 22.2. The second-order valence-corrected chi connectivity index (χ2v) is 11.9. The first kappa shape index (κ1) is 35.1. The highest BCUT2D eigenvalue weighted by atomic mass is 19.4. The predicted octanol–water partition coefficient (Wildman–Crippen LogP) is 6.14. The standard InChI is InChI=1S/C34H38F3N3O7/c1-22(2)21-47-33(44)38(30-7-4-5-15-40(30)45)14-6-16-46-28-13-10-25-17-26(18-31(41)42)32(43)39(23(3)29(25)19-28)20-24-8-11-27(12-9-24)34(35,36)37/h4-5,7-13,15,19,22-23,26H,6,14,16-18,20-21H2,1-3H3,(H,41,42). The number of ether oxygens (including phenoxy) is 2. The fourth-order valence-electron chi connectivity index (χ4n) is 5.42. The zero-order valence-electron chi connectivity index (χ0n) is 26.4. The van der Waals surface area contributed by atoms with E-state index in [4.69, 9.17) is 9.47 Å². The Kier molecular flexibility index (Phi) is 11.3. The van der Waals surface area contributed by atoms with Crippen LogP contribution in [0.1, 0.15) is 61.9 Å². The van der Waals surface area contributed by atoms with Gasteiger partial charge in [-0.15, -0.1) is 0 Å². The molecule has 1 N–H and O–H groups in total. The number of nitrogens with zero attached hydrogens (tertiary/aromatic N) is 3. The highest BCUT2D eigenvalue weighted by molar-refractivity contribution is 5.86. The van der Waals surface area contributed by atoms with Crippen LogP contribution in [0, 0.1) is 17.0 Å². The summed E-state index contributed by atoms with van der Waals surface area (Å²) in [5.41, 5.74) is 1.16. The molecule has 1 aliphatic rings. The quantitative estimate of drug-likeness (QED) is 0.141. The average molecular weight is 658 g/mol. The van der Waals surface area contributed by atoms with Gasteiger partial charge in [-0.25, -0.2) is 4.73 Å². The lowest BCUT2D eigenvalue weighted by atomic mass is 9.93. The van der Waals surface area contributed by atoms with Gasteiger partial charge in [0.2, 0.25) is 5.91 Å². The Hall–Kier alpha value is -4.81. The lowest BCUT2D eigenvalue weighted by molar-refractivity contribution is -0.591. The largest absolute Gasteiger partial charge is 0.711 e. The molecule has 4 rings (SSSR count). The number of halogens is 3. The third-order valence-corrected chi connectivity index (χ3v) is 7.82. The summed E-state index contributed by atoms with van der Waals surface area (Å²) in [4.78, 5) is 40.8. The molecule has 3 aromatic rings. The normalized spacial score (nSPS) is 16.4. The number of fused-ring (bicyclic) bond motifs is 1. The van der Waals surface area contributed by atoms with Crippen LogP contribution in [0.4, 0.5) is 23.8 Å². The van der Waals surface area contributed by atoms with Crippen LogP contribution in [0.25, 0.3) is 0 Å². The minimum atomic E-state index is -4.50. The molecule has 2 atom stereocenters. The van der Waals surface area contributed by atoms with Gasteiger partial charge >= 0.3 is 18.2 Å². The second kappa shape index (κ2) is 15.2. The minimum Gasteiger partial charge on any atom is -0.711 e. The number of carbonyl (C=O) groups is 3. The van der Waals surface area contributed by atoms with Gasteiger partial charge in [-0.2, -0.15) is 22.9 Å². The number of carbonyl (C=O) groups excluding carboxylic acids is 2. The molecular weight excluding hydrogens is 619 g/mol. The van der Waals surface area contributed by atoms with Crippen molar-refractivity contribution in [1.29, 1.82) is 0 Å². The van der Waals surface area contributed by atoms with Gasteiger partial charge < -0.3 is 24.7 Å². The lowest BCUT2D eigenvalue weighted by Crippen LogP contribution is -2.42. The van der Waals surface area contributed by atoms with E-state index >= 15 is 0 Å². The number of alkyl halides is 3. The second-order valence-electron chi connectivity index (χ2n) is 11.9. The van der Waals surface area contributed by atoms with Gasteiger partial charge in [-0.05, 0) is 66.3 Å². The Morgan fingerprint density at radius 2 is 1.85 bits per heavy atom. The van der Waals surface area contributed by atoms with Crippen molar-refractivity contribution in [2.75, 3.05) is 24.7 Å². The summed E-state index contributed by atoms with van der Waals surface area (Å²) in [5.74, 6) is -1.69. The van der Waals surface area contributed by atoms with E-state index in [2.05, 4.69) is 0 Å². The summed E-state index contributed by atoms with van der Waals surface area (Å²) in [5, 5.41) is 21.9. The molecule has 10 nitrogen and oxygen atoms in total. The van der Waals surface area contributed by atoms with Gasteiger partial charge in [0.1, 0.15) is 12.3 Å². The van der Waals surface area contributed by atoms with E-state index < -0.39 is 48.1 Å². The first-order valence-electron chi connectivity index (χ1n) is 15.3. The number of anilines is 1. The van der Waals surface area contributed by atoms with Crippen molar-refractivity contribution >= 4 is 23.8 Å². The van der Waals surface area contributed by atoms with Gasteiger partial charge in [0.25, 0.3) is 5.82 Å². The third-order valence-electron chi connectivity index (χ3n) is 7.82. The maximum Gasteiger partial charge on any atom is 0.507 e. The Labute approximate surface area is 270 Å². The number of pyridine rings is 1. The monoisotopic (exact) mass is 657 g/mol. The molecule has 1 aliphatic heterocycles. The molecule has 0 fully saturated rings. The molecule has 0 aliphatic carbocycles. The molecule has 2 amide bonds. The zero-order valence-corrected chi connectivity index (χ0v) is 26.4. The Morgan fingerprint density at radius 1 is 1.13 bits per heavy atom. The van der Waals surface area contributed by atoms with Crippen molar-refractivity contribution in [2.24, 2.45) is 11.8 Å². The van der Waals surface area contributed by atoms with Gasteiger partial charge in [0.05, 0.1) is 43.4 Å². The Bertz CT molecular complexity index is 1560. The molecule has 47 heavy (non-hydrogen) atoms. The molecular formula is C34H38F3N3O7. The van der Waals surface area contributed by atoms with E-state index in [0.29, 0.717) is 22.5 Å². The molecule has 13 heteroatoms. The van der Waals surface area contributed by atoms with Crippen molar-refractivity contribution in [2.45, 2.75) is 58.8 Å². The van der Waals surface area contributed by atoms with Crippen molar-refractivity contribution in [3.63, 3.8) is 0 Å². The first-order valence-corrected chi connectivity index (χ1v) is 15.3. The van der Waals surface area contributed by atoms with Crippen molar-refractivity contribution in [3.8, 4) is 5.75 Å².